The van der Waals surface area contributed by atoms with Gasteiger partial charge in [-0.05, 0) is 17.9 Å². The van der Waals surface area contributed by atoms with Crippen LogP contribution in [0.25, 0.3) is 0 Å². The largest absolute Gasteiger partial charge is 0.481 e. The first-order valence-electron chi connectivity index (χ1n) is 6.55. The molecule has 0 unspecified atom stereocenters. The second kappa shape index (κ2) is 5.82. The van der Waals surface area contributed by atoms with Crippen LogP contribution < -0.4 is 0 Å². The summed E-state index contributed by atoms with van der Waals surface area (Å²) in [6.07, 6.45) is 5.18. The molecule has 0 aliphatic heterocycles. The predicted octanol–water partition coefficient (Wildman–Crippen LogP) is 3.34. The van der Waals surface area contributed by atoms with Gasteiger partial charge in [-0.25, -0.2) is 0 Å². The summed E-state index contributed by atoms with van der Waals surface area (Å²) >= 11 is 0. The summed E-state index contributed by atoms with van der Waals surface area (Å²) in [5.74, 6) is -0.930. The smallest absolute Gasteiger partial charge is 0.310 e. The maximum absolute atomic E-state index is 11.4. The van der Waals surface area contributed by atoms with E-state index in [1.54, 1.807) is 12.1 Å². The number of carboxylic acids is 1. The Labute approximate surface area is 111 Å². The third kappa shape index (κ3) is 3.30. The van der Waals surface area contributed by atoms with Crippen molar-refractivity contribution >= 4 is 11.7 Å². The Morgan fingerprint density at radius 3 is 2.37 bits per heavy atom. The van der Waals surface area contributed by atoms with Crippen LogP contribution in [-0.2, 0) is 4.79 Å². The number of nitrogens with zero attached hydrogens (tertiary/aromatic N) is 1. The number of nitro groups is 1. The highest BCUT2D eigenvalue weighted by molar-refractivity contribution is 5.76. The number of aliphatic carboxylic acids is 1. The highest BCUT2D eigenvalue weighted by Gasteiger charge is 2.26. The molecule has 1 aliphatic rings. The van der Waals surface area contributed by atoms with E-state index in [9.17, 15) is 20.0 Å². The molecular formula is C14H17NO4. The van der Waals surface area contributed by atoms with Crippen LogP contribution in [0.15, 0.2) is 24.3 Å². The number of carboxylic acid groups (broad SMARTS) is 1. The molecule has 5 nitrogen and oxygen atoms in total. The second-order valence-electron chi connectivity index (χ2n) is 5.13. The molecule has 0 radical (unpaired) electrons. The van der Waals surface area contributed by atoms with Crippen molar-refractivity contribution in [3.63, 3.8) is 0 Å². The minimum atomic E-state index is -0.847. The summed E-state index contributed by atoms with van der Waals surface area (Å²) in [6.45, 7) is 0. The van der Waals surface area contributed by atoms with E-state index in [0.717, 1.165) is 12.8 Å². The fraction of sp³-hybridized carbons (Fsp3) is 0.500. The van der Waals surface area contributed by atoms with Crippen molar-refractivity contribution in [3.05, 3.63) is 39.9 Å². The normalized spacial score (nSPS) is 17.3. The maximum Gasteiger partial charge on any atom is 0.310 e. The molecule has 0 saturated heterocycles. The summed E-state index contributed by atoms with van der Waals surface area (Å²) in [7, 11) is 0. The number of nitro benzene ring substituents is 1. The molecule has 0 aromatic heterocycles. The average Bonchev–Trinajstić information content (AvgIpc) is 2.88. The number of carbonyl (C=O) groups is 1. The summed E-state index contributed by atoms with van der Waals surface area (Å²) in [4.78, 5) is 21.5. The first-order chi connectivity index (χ1) is 9.08. The fourth-order valence-electron chi connectivity index (χ4n) is 2.79. The zero-order chi connectivity index (χ0) is 13.8. The molecule has 1 aliphatic carbocycles. The Morgan fingerprint density at radius 2 is 1.89 bits per heavy atom. The number of non-ortho nitro benzene ring substituents is 1. The quantitative estimate of drug-likeness (QED) is 0.652. The van der Waals surface area contributed by atoms with Crippen molar-refractivity contribution in [3.8, 4) is 0 Å². The summed E-state index contributed by atoms with van der Waals surface area (Å²) in [5.41, 5.74) is 0.652. The summed E-state index contributed by atoms with van der Waals surface area (Å²) in [6, 6.07) is 5.87. The molecule has 1 fully saturated rings. The van der Waals surface area contributed by atoms with Gasteiger partial charge in [0.15, 0.2) is 0 Å². The molecule has 1 saturated carbocycles. The van der Waals surface area contributed by atoms with Crippen LogP contribution in [0.1, 0.15) is 43.6 Å². The van der Waals surface area contributed by atoms with Gasteiger partial charge in [0.1, 0.15) is 0 Å². The van der Waals surface area contributed by atoms with Gasteiger partial charge in [-0.1, -0.05) is 37.8 Å². The predicted molar refractivity (Wildman–Crippen MR) is 70.0 cm³/mol. The van der Waals surface area contributed by atoms with E-state index in [1.807, 2.05) is 0 Å². The molecule has 0 bridgehead atoms. The third-order valence-corrected chi connectivity index (χ3v) is 3.85. The summed E-state index contributed by atoms with van der Waals surface area (Å²) < 4.78 is 0. The van der Waals surface area contributed by atoms with Gasteiger partial charge in [0, 0.05) is 12.1 Å². The van der Waals surface area contributed by atoms with Gasteiger partial charge in [0.05, 0.1) is 10.8 Å². The Kier molecular flexibility index (Phi) is 4.14. The second-order valence-corrected chi connectivity index (χ2v) is 5.13. The van der Waals surface area contributed by atoms with Crippen LogP contribution in [0.4, 0.5) is 5.69 Å². The lowest BCUT2D eigenvalue weighted by Crippen LogP contribution is -2.15. The minimum absolute atomic E-state index is 0.00578. The molecule has 0 spiro atoms. The van der Waals surface area contributed by atoms with E-state index < -0.39 is 16.8 Å². The topological polar surface area (TPSA) is 80.4 Å². The number of benzene rings is 1. The molecule has 5 heteroatoms. The van der Waals surface area contributed by atoms with Crippen molar-refractivity contribution in [2.75, 3.05) is 0 Å². The van der Waals surface area contributed by atoms with Crippen molar-refractivity contribution in [2.45, 2.75) is 38.0 Å². The highest BCUT2D eigenvalue weighted by atomic mass is 16.6. The molecule has 102 valence electrons. The Balaban J connectivity index is 2.13. The fourth-order valence-corrected chi connectivity index (χ4v) is 2.79. The highest BCUT2D eigenvalue weighted by Crippen LogP contribution is 2.34. The molecule has 0 amide bonds. The van der Waals surface area contributed by atoms with Crippen molar-refractivity contribution < 1.29 is 14.8 Å². The molecule has 19 heavy (non-hydrogen) atoms. The third-order valence-electron chi connectivity index (χ3n) is 3.85. The van der Waals surface area contributed by atoms with Gasteiger partial charge < -0.3 is 5.11 Å². The number of hydrogen-bond donors (Lipinski definition) is 1. The molecule has 1 aromatic carbocycles. The standard InChI is InChI=1S/C14H17NO4/c16-14(17)13(9-10-3-1-2-4-10)11-5-7-12(8-6-11)15(18)19/h5-8,10,13H,1-4,9H2,(H,16,17)/t13-/m0/s1. The summed E-state index contributed by atoms with van der Waals surface area (Å²) in [5, 5.41) is 19.9. The lowest BCUT2D eigenvalue weighted by molar-refractivity contribution is -0.384. The van der Waals surface area contributed by atoms with E-state index in [2.05, 4.69) is 0 Å². The van der Waals surface area contributed by atoms with Crippen molar-refractivity contribution in [1.82, 2.24) is 0 Å². The van der Waals surface area contributed by atoms with Crippen molar-refractivity contribution in [2.24, 2.45) is 5.92 Å². The zero-order valence-electron chi connectivity index (χ0n) is 10.6. The van der Waals surface area contributed by atoms with E-state index in [4.69, 9.17) is 0 Å². The number of rotatable bonds is 5. The van der Waals surface area contributed by atoms with Crippen molar-refractivity contribution in [1.29, 1.82) is 0 Å². The van der Waals surface area contributed by atoms with E-state index >= 15 is 0 Å². The average molecular weight is 263 g/mol. The number of hydrogen-bond acceptors (Lipinski definition) is 3. The van der Waals surface area contributed by atoms with Crippen LogP contribution in [0.5, 0.6) is 0 Å². The molecular weight excluding hydrogens is 246 g/mol. The van der Waals surface area contributed by atoms with Gasteiger partial charge >= 0.3 is 5.97 Å². The van der Waals surface area contributed by atoms with Crippen LogP contribution >= 0.6 is 0 Å². The Bertz CT molecular complexity index is 463. The van der Waals surface area contributed by atoms with Crippen LogP contribution in [-0.4, -0.2) is 16.0 Å². The Morgan fingerprint density at radius 1 is 1.32 bits per heavy atom. The van der Waals surface area contributed by atoms with Gasteiger partial charge in [0.25, 0.3) is 5.69 Å². The van der Waals surface area contributed by atoms with Gasteiger partial charge in [-0.3, -0.25) is 14.9 Å². The van der Waals surface area contributed by atoms with Gasteiger partial charge in [0.2, 0.25) is 0 Å². The van der Waals surface area contributed by atoms with E-state index in [1.165, 1.54) is 25.0 Å². The SMILES string of the molecule is O=C(O)[C@@H](CC1CCCC1)c1ccc([N+](=O)[O-])cc1. The van der Waals surface area contributed by atoms with Crippen LogP contribution in [0.3, 0.4) is 0 Å². The lowest BCUT2D eigenvalue weighted by Gasteiger charge is -2.16. The van der Waals surface area contributed by atoms with Gasteiger partial charge in [-0.2, -0.15) is 0 Å². The zero-order valence-corrected chi connectivity index (χ0v) is 10.6. The first kappa shape index (κ1) is 13.5. The molecule has 1 aromatic rings. The first-order valence-corrected chi connectivity index (χ1v) is 6.55. The molecule has 1 atom stereocenters. The van der Waals surface area contributed by atoms with Crippen LogP contribution in [0, 0.1) is 16.0 Å². The molecule has 0 heterocycles. The molecule has 2 rings (SSSR count). The van der Waals surface area contributed by atoms with E-state index in [-0.39, 0.29) is 5.69 Å². The maximum atomic E-state index is 11.4. The van der Waals surface area contributed by atoms with E-state index in [0.29, 0.717) is 17.9 Å². The monoisotopic (exact) mass is 263 g/mol. The minimum Gasteiger partial charge on any atom is -0.481 e. The lowest BCUT2D eigenvalue weighted by atomic mass is 9.88. The van der Waals surface area contributed by atoms with Gasteiger partial charge in [-0.15, -0.1) is 0 Å². The Hall–Kier alpha value is -1.91. The molecule has 1 N–H and O–H groups in total. The van der Waals surface area contributed by atoms with Crippen LogP contribution in [0.2, 0.25) is 0 Å².